The lowest BCUT2D eigenvalue weighted by Crippen LogP contribution is -2.24. The summed E-state index contributed by atoms with van der Waals surface area (Å²) in [6.45, 7) is 1.24. The van der Waals surface area contributed by atoms with E-state index in [1.165, 1.54) is 12.8 Å². The monoisotopic (exact) mass is 283 g/mol. The smallest absolute Gasteiger partial charge is 0.158 e. The first-order valence-electron chi connectivity index (χ1n) is 6.66. The van der Waals surface area contributed by atoms with Gasteiger partial charge in [-0.3, -0.25) is 0 Å². The molecule has 5 nitrogen and oxygen atoms in total. The predicted octanol–water partition coefficient (Wildman–Crippen LogP) is 2.26. The number of halogens is 1. The lowest BCUT2D eigenvalue weighted by Gasteiger charge is -2.19. The molecule has 2 bridgehead atoms. The SMILES string of the molecule is COCc1nc(Cl)cc(NCC2CC3CCC2O3)n1. The van der Waals surface area contributed by atoms with Crippen molar-refractivity contribution in [2.24, 2.45) is 5.92 Å². The molecule has 0 radical (unpaired) electrons. The minimum Gasteiger partial charge on any atom is -0.377 e. The highest BCUT2D eigenvalue weighted by atomic mass is 35.5. The number of nitrogens with one attached hydrogen (secondary N) is 1. The zero-order valence-electron chi connectivity index (χ0n) is 10.9. The Balaban J connectivity index is 1.60. The van der Waals surface area contributed by atoms with Crippen LogP contribution in [-0.4, -0.2) is 35.8 Å². The molecular weight excluding hydrogens is 266 g/mol. The average Bonchev–Trinajstić information content (AvgIpc) is 2.98. The van der Waals surface area contributed by atoms with Crippen molar-refractivity contribution >= 4 is 17.4 Å². The molecule has 3 rings (SSSR count). The molecule has 0 aromatic carbocycles. The van der Waals surface area contributed by atoms with E-state index >= 15 is 0 Å². The zero-order chi connectivity index (χ0) is 13.2. The van der Waals surface area contributed by atoms with E-state index in [0.29, 0.717) is 35.7 Å². The third kappa shape index (κ3) is 2.99. The summed E-state index contributed by atoms with van der Waals surface area (Å²) < 4.78 is 10.9. The van der Waals surface area contributed by atoms with Crippen LogP contribution in [0.25, 0.3) is 0 Å². The highest BCUT2D eigenvalue weighted by Crippen LogP contribution is 2.38. The van der Waals surface area contributed by atoms with Crippen LogP contribution in [0.2, 0.25) is 5.15 Å². The van der Waals surface area contributed by atoms with Crippen LogP contribution >= 0.6 is 11.6 Å². The van der Waals surface area contributed by atoms with Gasteiger partial charge in [0, 0.05) is 25.6 Å². The second-order valence-corrected chi connectivity index (χ2v) is 5.56. The Hall–Kier alpha value is -0.910. The predicted molar refractivity (Wildman–Crippen MR) is 72.2 cm³/mol. The fourth-order valence-electron chi connectivity index (χ4n) is 2.94. The lowest BCUT2D eigenvalue weighted by atomic mass is 9.89. The Morgan fingerprint density at radius 1 is 1.47 bits per heavy atom. The van der Waals surface area contributed by atoms with Gasteiger partial charge < -0.3 is 14.8 Å². The van der Waals surface area contributed by atoms with Crippen LogP contribution in [0.3, 0.4) is 0 Å². The number of methoxy groups -OCH3 is 1. The van der Waals surface area contributed by atoms with Crippen LogP contribution in [0.4, 0.5) is 5.82 Å². The quantitative estimate of drug-likeness (QED) is 0.840. The van der Waals surface area contributed by atoms with Crippen LogP contribution in [0.15, 0.2) is 6.07 Å². The maximum atomic E-state index is 5.97. The van der Waals surface area contributed by atoms with Gasteiger partial charge in [0.25, 0.3) is 0 Å². The molecule has 104 valence electrons. The summed E-state index contributed by atoms with van der Waals surface area (Å²) in [6, 6.07) is 1.74. The Labute approximate surface area is 117 Å². The van der Waals surface area contributed by atoms with E-state index in [-0.39, 0.29) is 0 Å². The van der Waals surface area contributed by atoms with Gasteiger partial charge >= 0.3 is 0 Å². The molecular formula is C13H18ClN3O2. The number of hydrogen-bond acceptors (Lipinski definition) is 5. The van der Waals surface area contributed by atoms with Crippen molar-refractivity contribution in [2.45, 2.75) is 38.1 Å². The molecule has 0 amide bonds. The molecule has 1 N–H and O–H groups in total. The van der Waals surface area contributed by atoms with Crippen molar-refractivity contribution in [3.8, 4) is 0 Å². The Bertz CT molecular complexity index is 458. The normalized spacial score (nSPS) is 28.8. The van der Waals surface area contributed by atoms with Gasteiger partial charge in [0.15, 0.2) is 5.82 Å². The third-order valence-corrected chi connectivity index (χ3v) is 3.99. The van der Waals surface area contributed by atoms with Crippen LogP contribution in [0.5, 0.6) is 0 Å². The summed E-state index contributed by atoms with van der Waals surface area (Å²) in [7, 11) is 1.62. The molecule has 19 heavy (non-hydrogen) atoms. The summed E-state index contributed by atoms with van der Waals surface area (Å²) in [5.74, 6) is 1.94. The van der Waals surface area contributed by atoms with E-state index in [1.807, 2.05) is 0 Å². The fourth-order valence-corrected chi connectivity index (χ4v) is 3.14. The van der Waals surface area contributed by atoms with Gasteiger partial charge in [0.2, 0.25) is 0 Å². The maximum Gasteiger partial charge on any atom is 0.158 e. The fraction of sp³-hybridized carbons (Fsp3) is 0.692. The molecule has 3 atom stereocenters. The number of hydrogen-bond donors (Lipinski definition) is 1. The number of nitrogens with zero attached hydrogens (tertiary/aromatic N) is 2. The second-order valence-electron chi connectivity index (χ2n) is 5.18. The minimum absolute atomic E-state index is 0.368. The van der Waals surface area contributed by atoms with E-state index in [4.69, 9.17) is 21.1 Å². The molecule has 2 fully saturated rings. The van der Waals surface area contributed by atoms with Crippen molar-refractivity contribution in [3.63, 3.8) is 0 Å². The van der Waals surface area contributed by atoms with Crippen LogP contribution in [-0.2, 0) is 16.1 Å². The summed E-state index contributed by atoms with van der Waals surface area (Å²) in [5, 5.41) is 3.78. The second kappa shape index (κ2) is 5.61. The molecule has 0 spiro atoms. The van der Waals surface area contributed by atoms with Gasteiger partial charge in [0.05, 0.1) is 12.2 Å². The van der Waals surface area contributed by atoms with Crippen LogP contribution in [0.1, 0.15) is 25.1 Å². The Morgan fingerprint density at radius 3 is 3.05 bits per heavy atom. The van der Waals surface area contributed by atoms with Gasteiger partial charge in [-0.25, -0.2) is 9.97 Å². The van der Waals surface area contributed by atoms with Crippen LogP contribution in [0, 0.1) is 5.92 Å². The summed E-state index contributed by atoms with van der Waals surface area (Å²) in [6.07, 6.45) is 4.47. The van der Waals surface area contributed by atoms with Gasteiger partial charge in [-0.1, -0.05) is 11.6 Å². The number of aromatic nitrogens is 2. The van der Waals surface area contributed by atoms with E-state index < -0.39 is 0 Å². The Kier molecular flexibility index (Phi) is 3.86. The lowest BCUT2D eigenvalue weighted by molar-refractivity contribution is 0.0941. The molecule has 2 aliphatic heterocycles. The molecule has 3 heterocycles. The molecule has 3 unspecified atom stereocenters. The van der Waals surface area contributed by atoms with Crippen molar-refractivity contribution in [1.82, 2.24) is 9.97 Å². The summed E-state index contributed by atoms with van der Waals surface area (Å²) in [5.41, 5.74) is 0. The van der Waals surface area contributed by atoms with Gasteiger partial charge in [-0.15, -0.1) is 0 Å². The van der Waals surface area contributed by atoms with Gasteiger partial charge in [-0.05, 0) is 19.3 Å². The molecule has 2 aliphatic rings. The zero-order valence-corrected chi connectivity index (χ0v) is 11.7. The summed E-state index contributed by atoms with van der Waals surface area (Å²) in [4.78, 5) is 8.48. The molecule has 1 aromatic heterocycles. The maximum absolute atomic E-state index is 5.97. The highest BCUT2D eigenvalue weighted by Gasteiger charge is 2.40. The van der Waals surface area contributed by atoms with Crippen molar-refractivity contribution in [2.75, 3.05) is 19.0 Å². The molecule has 6 heteroatoms. The summed E-state index contributed by atoms with van der Waals surface area (Å²) >= 11 is 5.97. The van der Waals surface area contributed by atoms with Crippen LogP contribution < -0.4 is 5.32 Å². The van der Waals surface area contributed by atoms with Gasteiger partial charge in [0.1, 0.15) is 17.6 Å². The first-order valence-corrected chi connectivity index (χ1v) is 7.04. The first kappa shape index (κ1) is 13.1. The highest BCUT2D eigenvalue weighted by molar-refractivity contribution is 6.29. The van der Waals surface area contributed by atoms with Crippen molar-refractivity contribution in [3.05, 3.63) is 17.0 Å². The molecule has 0 saturated carbocycles. The van der Waals surface area contributed by atoms with Crippen molar-refractivity contribution < 1.29 is 9.47 Å². The van der Waals surface area contributed by atoms with Crippen molar-refractivity contribution in [1.29, 1.82) is 0 Å². The molecule has 1 aromatic rings. The number of ether oxygens (including phenoxy) is 2. The molecule has 2 saturated heterocycles. The minimum atomic E-state index is 0.368. The molecule has 0 aliphatic carbocycles. The number of rotatable bonds is 5. The topological polar surface area (TPSA) is 56.3 Å². The largest absolute Gasteiger partial charge is 0.377 e. The first-order chi connectivity index (χ1) is 9.24. The standard InChI is InChI=1S/C13H18ClN3O2/c1-18-7-13-16-11(14)5-12(17-13)15-6-8-4-9-2-3-10(8)19-9/h5,8-10H,2-4,6-7H2,1H3,(H,15,16,17). The average molecular weight is 284 g/mol. The third-order valence-electron chi connectivity index (χ3n) is 3.79. The number of anilines is 1. The van der Waals surface area contributed by atoms with E-state index in [0.717, 1.165) is 18.8 Å². The number of fused-ring (bicyclic) bond motifs is 2. The van der Waals surface area contributed by atoms with E-state index in [1.54, 1.807) is 13.2 Å². The Morgan fingerprint density at radius 2 is 2.37 bits per heavy atom. The van der Waals surface area contributed by atoms with Gasteiger partial charge in [-0.2, -0.15) is 0 Å². The van der Waals surface area contributed by atoms with E-state index in [9.17, 15) is 0 Å². The van der Waals surface area contributed by atoms with E-state index in [2.05, 4.69) is 15.3 Å².